The van der Waals surface area contributed by atoms with E-state index in [2.05, 4.69) is 37.3 Å². The fourth-order valence-corrected chi connectivity index (χ4v) is 4.19. The molecule has 0 spiro atoms. The molecule has 1 unspecified atom stereocenters. The molecule has 0 amide bonds. The average Bonchev–Trinajstić information content (AvgIpc) is 2.70. The molecule has 0 nitrogen and oxygen atoms in total. The lowest BCUT2D eigenvalue weighted by Crippen LogP contribution is -2.14. The third kappa shape index (κ3) is 3.66. The van der Waals surface area contributed by atoms with Crippen LogP contribution in [0.5, 0.6) is 0 Å². The first-order chi connectivity index (χ1) is 13.2. The summed E-state index contributed by atoms with van der Waals surface area (Å²) in [5.41, 5.74) is 5.96. The Morgan fingerprint density at radius 2 is 1.63 bits per heavy atom. The van der Waals surface area contributed by atoms with Crippen LogP contribution in [0.1, 0.15) is 47.9 Å². The van der Waals surface area contributed by atoms with Crippen LogP contribution in [0.25, 0.3) is 11.1 Å². The topological polar surface area (TPSA) is 0 Å². The molecule has 3 aromatic carbocycles. The van der Waals surface area contributed by atoms with Crippen LogP contribution in [-0.4, -0.2) is 0 Å². The Labute approximate surface area is 159 Å². The zero-order valence-electron chi connectivity index (χ0n) is 15.6. The van der Waals surface area contributed by atoms with E-state index in [1.807, 2.05) is 6.07 Å². The summed E-state index contributed by atoms with van der Waals surface area (Å²) in [5.74, 6) is 0.00464. The van der Waals surface area contributed by atoms with Gasteiger partial charge in [-0.05, 0) is 71.6 Å². The Morgan fingerprint density at radius 1 is 0.889 bits per heavy atom. The number of fused-ring (bicyclic) bond motifs is 1. The maximum Gasteiger partial charge on any atom is 0.134 e. The lowest BCUT2D eigenvalue weighted by atomic mass is 9.79. The third-order valence-electron chi connectivity index (χ3n) is 5.69. The smallest absolute Gasteiger partial charge is 0.134 e. The van der Waals surface area contributed by atoms with Crippen molar-refractivity contribution >= 4 is 0 Å². The molecule has 3 aromatic rings. The predicted molar refractivity (Wildman–Crippen MR) is 107 cm³/mol. The first kappa shape index (κ1) is 17.9. The van der Waals surface area contributed by atoms with Gasteiger partial charge in [0, 0.05) is 5.56 Å². The van der Waals surface area contributed by atoms with E-state index in [-0.39, 0.29) is 11.6 Å². The SMILES string of the molecule is CCCc1ccc(C2CCc3c(ccc(-c4ccc(F)cc4)c3F)C2)cc1. The highest BCUT2D eigenvalue weighted by Gasteiger charge is 2.24. The molecule has 0 fully saturated rings. The van der Waals surface area contributed by atoms with Gasteiger partial charge in [-0.2, -0.15) is 0 Å². The summed E-state index contributed by atoms with van der Waals surface area (Å²) in [5, 5.41) is 0. The van der Waals surface area contributed by atoms with E-state index in [0.29, 0.717) is 11.5 Å². The molecule has 0 heterocycles. The van der Waals surface area contributed by atoms with Gasteiger partial charge in [-0.1, -0.05) is 61.9 Å². The van der Waals surface area contributed by atoms with Crippen molar-refractivity contribution in [1.82, 2.24) is 0 Å². The Bertz CT molecular complexity index is 924. The summed E-state index contributed by atoms with van der Waals surface area (Å²) in [6.45, 7) is 2.20. The lowest BCUT2D eigenvalue weighted by molar-refractivity contribution is 0.543. The van der Waals surface area contributed by atoms with Crippen molar-refractivity contribution in [1.29, 1.82) is 0 Å². The highest BCUT2D eigenvalue weighted by atomic mass is 19.1. The summed E-state index contributed by atoms with van der Waals surface area (Å²) >= 11 is 0. The van der Waals surface area contributed by atoms with Crippen molar-refractivity contribution in [2.45, 2.75) is 44.9 Å². The quantitative estimate of drug-likeness (QED) is 0.476. The first-order valence-electron chi connectivity index (χ1n) is 9.80. The molecular weight excluding hydrogens is 338 g/mol. The summed E-state index contributed by atoms with van der Waals surface area (Å²) in [6.07, 6.45) is 4.86. The molecule has 0 N–H and O–H groups in total. The minimum atomic E-state index is -0.301. The molecular formula is C25H24F2. The van der Waals surface area contributed by atoms with E-state index in [1.54, 1.807) is 12.1 Å². The minimum absolute atomic E-state index is 0.143. The molecule has 0 saturated carbocycles. The van der Waals surface area contributed by atoms with Gasteiger partial charge < -0.3 is 0 Å². The normalized spacial score (nSPS) is 16.2. The van der Waals surface area contributed by atoms with Crippen molar-refractivity contribution in [3.05, 3.63) is 94.6 Å². The standard InChI is InChI=1S/C25H24F2/c1-2-3-17-4-6-18(7-5-17)20-10-14-24-21(16-20)11-15-23(25(24)27)19-8-12-22(26)13-9-19/h4-9,11-13,15,20H,2-3,10,14,16H2,1H3. The van der Waals surface area contributed by atoms with Crippen molar-refractivity contribution < 1.29 is 8.78 Å². The minimum Gasteiger partial charge on any atom is -0.207 e. The summed E-state index contributed by atoms with van der Waals surface area (Å²) < 4.78 is 28.3. The third-order valence-corrected chi connectivity index (χ3v) is 5.69. The van der Waals surface area contributed by atoms with Gasteiger partial charge >= 0.3 is 0 Å². The molecule has 4 rings (SSSR count). The van der Waals surface area contributed by atoms with Crippen LogP contribution in [-0.2, 0) is 19.3 Å². The summed E-state index contributed by atoms with van der Waals surface area (Å²) in [7, 11) is 0. The molecule has 0 bridgehead atoms. The molecule has 1 aliphatic carbocycles. The zero-order chi connectivity index (χ0) is 18.8. The number of benzene rings is 3. The molecule has 1 aliphatic rings. The van der Waals surface area contributed by atoms with E-state index in [9.17, 15) is 4.39 Å². The van der Waals surface area contributed by atoms with Crippen molar-refractivity contribution in [3.63, 3.8) is 0 Å². The van der Waals surface area contributed by atoms with Gasteiger partial charge in [0.05, 0.1) is 0 Å². The number of rotatable bonds is 4. The fourth-order valence-electron chi connectivity index (χ4n) is 4.19. The first-order valence-corrected chi connectivity index (χ1v) is 9.80. The maximum absolute atomic E-state index is 15.1. The molecule has 138 valence electrons. The Hall–Kier alpha value is -2.48. The van der Waals surface area contributed by atoms with E-state index in [1.165, 1.54) is 23.3 Å². The molecule has 27 heavy (non-hydrogen) atoms. The van der Waals surface area contributed by atoms with E-state index >= 15 is 4.39 Å². The molecule has 0 aliphatic heterocycles. The Kier molecular flexibility index (Phi) is 5.07. The zero-order valence-corrected chi connectivity index (χ0v) is 15.6. The molecule has 1 atom stereocenters. The molecule has 2 heteroatoms. The van der Waals surface area contributed by atoms with Crippen LogP contribution < -0.4 is 0 Å². The molecule has 0 radical (unpaired) electrons. The van der Waals surface area contributed by atoms with Crippen LogP contribution >= 0.6 is 0 Å². The number of hydrogen-bond donors (Lipinski definition) is 0. The highest BCUT2D eigenvalue weighted by molar-refractivity contribution is 5.66. The monoisotopic (exact) mass is 362 g/mol. The second kappa shape index (κ2) is 7.64. The predicted octanol–water partition coefficient (Wildman–Crippen LogP) is 6.86. The van der Waals surface area contributed by atoms with Crippen molar-refractivity contribution in [2.75, 3.05) is 0 Å². The van der Waals surface area contributed by atoms with E-state index < -0.39 is 0 Å². The summed E-state index contributed by atoms with van der Waals surface area (Å²) in [4.78, 5) is 0. The van der Waals surface area contributed by atoms with Gasteiger partial charge in [-0.25, -0.2) is 8.78 Å². The number of halogens is 2. The van der Waals surface area contributed by atoms with Crippen LogP contribution in [0.4, 0.5) is 8.78 Å². The fraction of sp³-hybridized carbons (Fsp3) is 0.280. The van der Waals surface area contributed by atoms with Crippen LogP contribution in [0.2, 0.25) is 0 Å². The Balaban J connectivity index is 1.58. The van der Waals surface area contributed by atoms with Crippen LogP contribution in [0, 0.1) is 11.6 Å². The van der Waals surface area contributed by atoms with Crippen LogP contribution in [0.15, 0.2) is 60.7 Å². The second-order valence-corrected chi connectivity index (χ2v) is 7.50. The van der Waals surface area contributed by atoms with Gasteiger partial charge in [-0.15, -0.1) is 0 Å². The van der Waals surface area contributed by atoms with E-state index in [0.717, 1.165) is 48.8 Å². The van der Waals surface area contributed by atoms with E-state index in [4.69, 9.17) is 0 Å². The number of hydrogen-bond acceptors (Lipinski definition) is 0. The Morgan fingerprint density at radius 3 is 2.33 bits per heavy atom. The van der Waals surface area contributed by atoms with Gasteiger partial charge in [0.25, 0.3) is 0 Å². The lowest BCUT2D eigenvalue weighted by Gasteiger charge is -2.26. The largest absolute Gasteiger partial charge is 0.207 e. The van der Waals surface area contributed by atoms with Crippen molar-refractivity contribution in [3.8, 4) is 11.1 Å². The van der Waals surface area contributed by atoms with Crippen molar-refractivity contribution in [2.24, 2.45) is 0 Å². The molecule has 0 aromatic heterocycles. The van der Waals surface area contributed by atoms with Gasteiger partial charge in [-0.3, -0.25) is 0 Å². The highest BCUT2D eigenvalue weighted by Crippen LogP contribution is 2.37. The van der Waals surface area contributed by atoms with Gasteiger partial charge in [0.2, 0.25) is 0 Å². The average molecular weight is 362 g/mol. The van der Waals surface area contributed by atoms with Crippen LogP contribution in [0.3, 0.4) is 0 Å². The second-order valence-electron chi connectivity index (χ2n) is 7.50. The molecule has 0 saturated heterocycles. The van der Waals surface area contributed by atoms with Gasteiger partial charge in [0.1, 0.15) is 11.6 Å². The maximum atomic E-state index is 15.1. The summed E-state index contributed by atoms with van der Waals surface area (Å²) in [6, 6.07) is 18.9. The van der Waals surface area contributed by atoms with Gasteiger partial charge in [0.15, 0.2) is 0 Å². The number of aryl methyl sites for hydroxylation is 1.